The summed E-state index contributed by atoms with van der Waals surface area (Å²) in [5.41, 5.74) is 0. The second kappa shape index (κ2) is 4.48. The van der Waals surface area contributed by atoms with Crippen molar-refractivity contribution in [1.82, 2.24) is 0 Å². The van der Waals surface area contributed by atoms with Gasteiger partial charge in [-0.1, -0.05) is 0 Å². The first-order chi connectivity index (χ1) is 5.11. The molecule has 2 nitrogen and oxygen atoms in total. The van der Waals surface area contributed by atoms with E-state index in [0.29, 0.717) is 0 Å². The molecule has 0 radical (unpaired) electrons. The summed E-state index contributed by atoms with van der Waals surface area (Å²) in [5, 5.41) is 18.3. The lowest BCUT2D eigenvalue weighted by atomic mass is 10.3. The van der Waals surface area contributed by atoms with E-state index < -0.39 is 0 Å². The molecule has 12 heavy (non-hydrogen) atoms. The summed E-state index contributed by atoms with van der Waals surface area (Å²) < 4.78 is 0. The Labute approximate surface area is 81.0 Å². The first kappa shape index (κ1) is 11.5. The zero-order valence-electron chi connectivity index (χ0n) is 6.91. The van der Waals surface area contributed by atoms with Crippen LogP contribution in [0.15, 0.2) is 23.1 Å². The Bertz CT molecular complexity index is 263. The highest BCUT2D eigenvalue weighted by Crippen LogP contribution is 2.26. The number of phenols is 2. The summed E-state index contributed by atoms with van der Waals surface area (Å²) >= 11 is 0. The van der Waals surface area contributed by atoms with E-state index in [2.05, 4.69) is 0 Å². The van der Waals surface area contributed by atoms with Gasteiger partial charge in [0.15, 0.2) is 10.6 Å². The summed E-state index contributed by atoms with van der Waals surface area (Å²) in [7, 11) is 0.0401. The summed E-state index contributed by atoms with van der Waals surface area (Å²) in [6.45, 7) is 0. The third-order valence-electron chi connectivity index (χ3n) is 1.38. The smallest absolute Gasteiger partial charge is 0.196 e. The molecule has 1 aromatic rings. The molecule has 0 aliphatic carbocycles. The first-order valence-corrected chi connectivity index (χ1v) is 5.25. The van der Waals surface area contributed by atoms with Crippen LogP contribution in [0.5, 0.6) is 11.5 Å². The van der Waals surface area contributed by atoms with Crippen LogP contribution in [-0.4, -0.2) is 22.7 Å². The summed E-state index contributed by atoms with van der Waals surface area (Å²) in [6.07, 6.45) is 4.04. The lowest BCUT2D eigenvalue weighted by molar-refractivity contribution is -0.00000467. The maximum atomic E-state index is 9.31. The van der Waals surface area contributed by atoms with E-state index in [4.69, 9.17) is 5.11 Å². The van der Waals surface area contributed by atoms with Crippen LogP contribution in [-0.2, 0) is 10.9 Å². The van der Waals surface area contributed by atoms with Crippen molar-refractivity contribution in [2.45, 2.75) is 4.90 Å². The molecule has 4 heteroatoms. The maximum absolute atomic E-state index is 9.31. The fourth-order valence-electron chi connectivity index (χ4n) is 0.851. The topological polar surface area (TPSA) is 40.5 Å². The molecule has 2 N–H and O–H groups in total. The number of aromatic hydroxyl groups is 2. The molecule has 68 valence electrons. The van der Waals surface area contributed by atoms with Gasteiger partial charge in [0, 0.05) is 23.0 Å². The highest BCUT2D eigenvalue weighted by Gasteiger charge is 2.13. The molecule has 0 heterocycles. The van der Waals surface area contributed by atoms with Gasteiger partial charge in [0.05, 0.1) is 0 Å². The van der Waals surface area contributed by atoms with Crippen molar-refractivity contribution in [3.63, 3.8) is 0 Å². The molecule has 0 aromatic heterocycles. The Hall–Kier alpha value is -0.540. The summed E-state index contributed by atoms with van der Waals surface area (Å²) in [5.74, 6) is 0.287. The molecule has 0 unspecified atom stereocenters. The zero-order chi connectivity index (χ0) is 8.43. The highest BCUT2D eigenvalue weighted by molar-refractivity contribution is 7.95. The van der Waals surface area contributed by atoms with E-state index in [9.17, 15) is 5.11 Å². The fraction of sp³-hybridized carbons (Fsp3) is 0.250. The van der Waals surface area contributed by atoms with Gasteiger partial charge >= 0.3 is 0 Å². The van der Waals surface area contributed by atoms with Crippen molar-refractivity contribution in [1.29, 1.82) is 0 Å². The molecule has 0 fully saturated rings. The summed E-state index contributed by atoms with van der Waals surface area (Å²) in [6, 6.07) is 4.69. The van der Waals surface area contributed by atoms with Gasteiger partial charge < -0.3 is 22.6 Å². The van der Waals surface area contributed by atoms with Gasteiger partial charge in [-0.05, 0) is 6.07 Å². The highest BCUT2D eigenvalue weighted by atomic mass is 35.5. The molecule has 0 saturated heterocycles. The van der Waals surface area contributed by atoms with Crippen molar-refractivity contribution < 1.29 is 22.6 Å². The van der Waals surface area contributed by atoms with Crippen molar-refractivity contribution in [3.8, 4) is 11.5 Å². The minimum Gasteiger partial charge on any atom is -1.00 e. The number of phenolic OH excluding ortho intramolecular Hbond substituents is 2. The van der Waals surface area contributed by atoms with Crippen molar-refractivity contribution in [2.24, 2.45) is 0 Å². The Morgan fingerprint density at radius 1 is 1.17 bits per heavy atom. The second-order valence-corrected chi connectivity index (χ2v) is 4.54. The van der Waals surface area contributed by atoms with E-state index in [-0.39, 0.29) is 34.8 Å². The zero-order valence-corrected chi connectivity index (χ0v) is 8.49. The number of halogens is 1. The molecular formula is C8H11ClO2S. The Morgan fingerprint density at radius 2 is 1.75 bits per heavy atom. The minimum absolute atomic E-state index is 0. The van der Waals surface area contributed by atoms with Crippen LogP contribution >= 0.6 is 0 Å². The molecule has 0 aliphatic heterocycles. The van der Waals surface area contributed by atoms with Crippen LogP contribution in [0.25, 0.3) is 0 Å². The van der Waals surface area contributed by atoms with Crippen LogP contribution in [0, 0.1) is 0 Å². The van der Waals surface area contributed by atoms with Crippen molar-refractivity contribution in [2.75, 3.05) is 12.5 Å². The molecule has 0 aliphatic rings. The monoisotopic (exact) mass is 206 g/mol. The molecule has 0 saturated carbocycles. The lowest BCUT2D eigenvalue weighted by Gasteiger charge is -1.99. The first-order valence-electron chi connectivity index (χ1n) is 3.21. The van der Waals surface area contributed by atoms with Gasteiger partial charge in [0.1, 0.15) is 18.3 Å². The van der Waals surface area contributed by atoms with Crippen LogP contribution in [0.2, 0.25) is 0 Å². The standard InChI is InChI=1S/C8H10O2S.ClH/c1-11(2)8-4-3-6(9)5-7(8)10;/h3-5H,1-2H3,(H-,9,10);1H. The number of benzene rings is 1. The Balaban J connectivity index is 0.00000121. The molecule has 1 rings (SSSR count). The van der Waals surface area contributed by atoms with E-state index in [1.165, 1.54) is 6.07 Å². The van der Waals surface area contributed by atoms with Gasteiger partial charge in [-0.25, -0.2) is 0 Å². The quantitative estimate of drug-likeness (QED) is 0.540. The average Bonchev–Trinajstić information content (AvgIpc) is 1.85. The van der Waals surface area contributed by atoms with Gasteiger partial charge in [-0.3, -0.25) is 0 Å². The summed E-state index contributed by atoms with van der Waals surface area (Å²) in [4.78, 5) is 0.891. The SMILES string of the molecule is C[S+](C)c1ccc(O)cc1O.[Cl-]. The molecule has 1 aromatic carbocycles. The second-order valence-electron chi connectivity index (χ2n) is 2.47. The molecule has 0 bridgehead atoms. The molecule has 0 atom stereocenters. The van der Waals surface area contributed by atoms with Crippen LogP contribution < -0.4 is 12.4 Å². The third-order valence-corrected chi connectivity index (χ3v) is 2.61. The van der Waals surface area contributed by atoms with E-state index in [1.807, 2.05) is 12.5 Å². The van der Waals surface area contributed by atoms with Gasteiger partial charge in [0.2, 0.25) is 0 Å². The van der Waals surface area contributed by atoms with Crippen LogP contribution in [0.4, 0.5) is 0 Å². The van der Waals surface area contributed by atoms with Crippen LogP contribution in [0.3, 0.4) is 0 Å². The number of hydrogen-bond acceptors (Lipinski definition) is 2. The van der Waals surface area contributed by atoms with Gasteiger partial charge in [-0.2, -0.15) is 0 Å². The maximum Gasteiger partial charge on any atom is 0.196 e. The molecule has 0 amide bonds. The Morgan fingerprint density at radius 3 is 2.17 bits per heavy atom. The number of rotatable bonds is 1. The molecular weight excluding hydrogens is 196 g/mol. The third kappa shape index (κ3) is 2.50. The lowest BCUT2D eigenvalue weighted by Crippen LogP contribution is -3.00. The Kier molecular flexibility index (Phi) is 4.28. The van der Waals surface area contributed by atoms with Gasteiger partial charge in [0.25, 0.3) is 0 Å². The molecule has 0 spiro atoms. The van der Waals surface area contributed by atoms with E-state index in [1.54, 1.807) is 12.1 Å². The minimum atomic E-state index is 0. The number of hydrogen-bond donors (Lipinski definition) is 2. The van der Waals surface area contributed by atoms with Gasteiger partial charge in [-0.15, -0.1) is 0 Å². The van der Waals surface area contributed by atoms with E-state index >= 15 is 0 Å². The van der Waals surface area contributed by atoms with Crippen molar-refractivity contribution >= 4 is 10.9 Å². The van der Waals surface area contributed by atoms with Crippen molar-refractivity contribution in [3.05, 3.63) is 18.2 Å². The average molecular weight is 207 g/mol. The van der Waals surface area contributed by atoms with Crippen LogP contribution in [0.1, 0.15) is 0 Å². The van der Waals surface area contributed by atoms with E-state index in [0.717, 1.165) is 4.90 Å². The predicted octanol–water partition coefficient (Wildman–Crippen LogP) is -1.66. The predicted molar refractivity (Wildman–Crippen MR) is 47.3 cm³/mol. The normalized spacial score (nSPS) is 9.58. The largest absolute Gasteiger partial charge is 1.00 e. The fourth-order valence-corrected chi connectivity index (χ4v) is 1.67.